The van der Waals surface area contributed by atoms with E-state index in [-0.39, 0.29) is 30.9 Å². The Bertz CT molecular complexity index is 915. The summed E-state index contributed by atoms with van der Waals surface area (Å²) >= 11 is 1.32. The van der Waals surface area contributed by atoms with E-state index in [1.165, 1.54) is 23.5 Å². The molecule has 4 N–H and O–H groups in total. The van der Waals surface area contributed by atoms with Gasteiger partial charge < -0.3 is 20.4 Å². The summed E-state index contributed by atoms with van der Waals surface area (Å²) in [6.45, 7) is 1.45. The highest BCUT2D eigenvalue weighted by Gasteiger charge is 2.33. The number of likely N-dealkylation sites (tertiary alicyclic amines) is 1. The van der Waals surface area contributed by atoms with E-state index in [2.05, 4.69) is 15.6 Å². The molecule has 3 rings (SSSR count). The average Bonchev–Trinajstić information content (AvgIpc) is 3.17. The number of aryl methyl sites for hydroxylation is 1. The van der Waals surface area contributed by atoms with Crippen molar-refractivity contribution in [3.63, 3.8) is 0 Å². The van der Waals surface area contributed by atoms with Crippen LogP contribution in [0.25, 0.3) is 0 Å². The summed E-state index contributed by atoms with van der Waals surface area (Å²) in [5.74, 6) is 0.163. The molecular formula is C22H29F3N4O3S. The fraction of sp³-hybridized carbons (Fsp3) is 0.545. The summed E-state index contributed by atoms with van der Waals surface area (Å²) < 4.78 is 39.4. The second-order valence-electron chi connectivity index (χ2n) is 7.97. The number of para-hydroxylation sites is 1. The predicted octanol–water partition coefficient (Wildman–Crippen LogP) is 3.98. The second-order valence-corrected chi connectivity index (χ2v) is 9.06. The molecule has 0 spiro atoms. The Hall–Kier alpha value is -2.37. The highest BCUT2D eigenvalue weighted by Crippen LogP contribution is 2.35. The zero-order valence-electron chi connectivity index (χ0n) is 18.2. The molecule has 0 saturated carbocycles. The number of piperidine rings is 1. The number of hydrogen-bond acceptors (Lipinski definition) is 6. The lowest BCUT2D eigenvalue weighted by Crippen LogP contribution is -2.42. The van der Waals surface area contributed by atoms with E-state index in [0.717, 1.165) is 16.6 Å². The van der Waals surface area contributed by atoms with Gasteiger partial charge in [0.1, 0.15) is 0 Å². The lowest BCUT2D eigenvalue weighted by molar-refractivity contribution is -0.137. The van der Waals surface area contributed by atoms with Crippen molar-refractivity contribution in [2.24, 2.45) is 5.92 Å². The molecule has 0 aliphatic carbocycles. The summed E-state index contributed by atoms with van der Waals surface area (Å²) in [6.07, 6.45) is -1.45. The monoisotopic (exact) mass is 486 g/mol. The normalized spacial score (nSPS) is 15.0. The Morgan fingerprint density at radius 3 is 2.55 bits per heavy atom. The first-order valence-corrected chi connectivity index (χ1v) is 11.8. The molecule has 1 aromatic heterocycles. The maximum atomic E-state index is 13.1. The number of alkyl halides is 3. The summed E-state index contributed by atoms with van der Waals surface area (Å²) in [4.78, 5) is 19.7. The molecular weight excluding hydrogens is 457 g/mol. The molecule has 0 radical (unpaired) electrons. The summed E-state index contributed by atoms with van der Waals surface area (Å²) in [5.41, 5.74) is 0.177. The minimum Gasteiger partial charge on any atom is -0.396 e. The van der Waals surface area contributed by atoms with Gasteiger partial charge in [-0.2, -0.15) is 13.2 Å². The van der Waals surface area contributed by atoms with E-state index in [1.54, 1.807) is 11.0 Å². The van der Waals surface area contributed by atoms with Crippen molar-refractivity contribution >= 4 is 28.2 Å². The van der Waals surface area contributed by atoms with E-state index in [9.17, 15) is 23.1 Å². The zero-order chi connectivity index (χ0) is 23.8. The molecule has 2 heterocycles. The lowest BCUT2D eigenvalue weighted by atomic mass is 9.96. The van der Waals surface area contributed by atoms with Crippen LogP contribution in [-0.4, -0.2) is 59.0 Å². The van der Waals surface area contributed by atoms with Crippen LogP contribution in [0.3, 0.4) is 0 Å². The van der Waals surface area contributed by atoms with Crippen molar-refractivity contribution in [3.05, 3.63) is 40.4 Å². The molecule has 0 unspecified atom stereocenters. The van der Waals surface area contributed by atoms with Gasteiger partial charge in [-0.3, -0.25) is 5.32 Å². The Balaban J connectivity index is 1.50. The van der Waals surface area contributed by atoms with E-state index in [0.29, 0.717) is 56.9 Å². The molecule has 1 aromatic carbocycles. The second kappa shape index (κ2) is 11.7. The molecule has 1 aliphatic heterocycles. The van der Waals surface area contributed by atoms with Gasteiger partial charge in [-0.25, -0.2) is 9.78 Å². The predicted molar refractivity (Wildman–Crippen MR) is 122 cm³/mol. The highest BCUT2D eigenvalue weighted by atomic mass is 32.1. The minimum atomic E-state index is -4.41. The first-order chi connectivity index (χ1) is 15.8. The minimum absolute atomic E-state index is 0.0172. The van der Waals surface area contributed by atoms with Gasteiger partial charge in [0.15, 0.2) is 5.13 Å². The number of anilines is 2. The van der Waals surface area contributed by atoms with Gasteiger partial charge in [-0.1, -0.05) is 12.1 Å². The van der Waals surface area contributed by atoms with Gasteiger partial charge >= 0.3 is 12.2 Å². The lowest BCUT2D eigenvalue weighted by Gasteiger charge is -2.32. The quantitative estimate of drug-likeness (QED) is 0.430. The molecule has 7 nitrogen and oxygen atoms in total. The maximum Gasteiger partial charge on any atom is 0.418 e. The van der Waals surface area contributed by atoms with Crippen molar-refractivity contribution in [3.8, 4) is 0 Å². The Kier molecular flexibility index (Phi) is 8.93. The number of aromatic nitrogens is 1. The highest BCUT2D eigenvalue weighted by molar-refractivity contribution is 7.15. The van der Waals surface area contributed by atoms with Crippen molar-refractivity contribution in [1.29, 1.82) is 0 Å². The molecule has 0 bridgehead atoms. The van der Waals surface area contributed by atoms with Crippen LogP contribution < -0.4 is 10.6 Å². The fourth-order valence-electron chi connectivity index (χ4n) is 3.82. The van der Waals surface area contributed by atoms with Crippen LogP contribution in [-0.2, 0) is 19.0 Å². The molecule has 2 aromatic rings. The number of carbonyl (C=O) groups excluding carboxylic acids is 1. The Morgan fingerprint density at radius 2 is 1.88 bits per heavy atom. The maximum absolute atomic E-state index is 13.1. The zero-order valence-corrected chi connectivity index (χ0v) is 19.0. The van der Waals surface area contributed by atoms with Gasteiger partial charge in [-0.15, -0.1) is 11.3 Å². The van der Waals surface area contributed by atoms with Crippen molar-refractivity contribution in [2.75, 3.05) is 43.5 Å². The number of urea groups is 1. The third kappa shape index (κ3) is 7.05. The largest absolute Gasteiger partial charge is 0.418 e. The summed E-state index contributed by atoms with van der Waals surface area (Å²) in [7, 11) is 0. The third-order valence-corrected chi connectivity index (χ3v) is 6.69. The third-order valence-electron chi connectivity index (χ3n) is 5.62. The number of carbonyl (C=O) groups is 1. The molecule has 0 atom stereocenters. The number of aliphatic hydroxyl groups excluding tert-OH is 2. The fourth-order valence-corrected chi connectivity index (χ4v) is 4.81. The number of amides is 2. The molecule has 182 valence electrons. The van der Waals surface area contributed by atoms with Crippen LogP contribution in [0.15, 0.2) is 24.3 Å². The van der Waals surface area contributed by atoms with Gasteiger partial charge in [0.25, 0.3) is 0 Å². The van der Waals surface area contributed by atoms with Gasteiger partial charge in [-0.05, 0) is 43.7 Å². The molecule has 33 heavy (non-hydrogen) atoms. The number of rotatable bonds is 9. The topological polar surface area (TPSA) is 97.7 Å². The first kappa shape index (κ1) is 25.3. The van der Waals surface area contributed by atoms with Crippen LogP contribution in [0.2, 0.25) is 0 Å². The van der Waals surface area contributed by atoms with E-state index >= 15 is 0 Å². The number of benzene rings is 1. The van der Waals surface area contributed by atoms with E-state index < -0.39 is 11.7 Å². The molecule has 11 heteroatoms. The molecule has 1 fully saturated rings. The van der Waals surface area contributed by atoms with Gasteiger partial charge in [0, 0.05) is 49.8 Å². The SMILES string of the molecule is O=C(Nc1nc(CCCO)c(CCO)s1)N1CCC(CNc2ccccc2C(F)(F)F)CC1. The van der Waals surface area contributed by atoms with Crippen LogP contribution in [0.4, 0.5) is 28.8 Å². The number of nitrogens with one attached hydrogen (secondary N) is 2. The van der Waals surface area contributed by atoms with Crippen LogP contribution in [0.5, 0.6) is 0 Å². The van der Waals surface area contributed by atoms with Gasteiger partial charge in [0.2, 0.25) is 0 Å². The summed E-state index contributed by atoms with van der Waals surface area (Å²) in [6, 6.07) is 5.18. The summed E-state index contributed by atoms with van der Waals surface area (Å²) in [5, 5.41) is 24.5. The number of thiazole rings is 1. The van der Waals surface area contributed by atoms with Crippen molar-refractivity contribution in [2.45, 2.75) is 38.3 Å². The molecule has 1 aliphatic rings. The number of nitrogens with zero attached hydrogens (tertiary/aromatic N) is 2. The Labute approximate surface area is 194 Å². The number of hydrogen-bond donors (Lipinski definition) is 4. The van der Waals surface area contributed by atoms with E-state index in [1.807, 2.05) is 0 Å². The number of halogens is 3. The van der Waals surface area contributed by atoms with Gasteiger partial charge in [0.05, 0.1) is 11.3 Å². The van der Waals surface area contributed by atoms with Crippen LogP contribution in [0, 0.1) is 5.92 Å². The number of aliphatic hydroxyl groups is 2. The molecule has 2 amide bonds. The van der Waals surface area contributed by atoms with Crippen LogP contribution >= 0.6 is 11.3 Å². The average molecular weight is 487 g/mol. The Morgan fingerprint density at radius 1 is 1.15 bits per heavy atom. The smallest absolute Gasteiger partial charge is 0.396 e. The van der Waals surface area contributed by atoms with E-state index in [4.69, 9.17) is 5.11 Å². The standard InChI is InChI=1S/C22H29F3N4O3S/c23-22(24,25)16-4-1-2-5-17(16)26-14-15-7-10-29(11-8-15)21(32)28-20-27-18(6-3-12-30)19(33-20)9-13-31/h1-2,4-5,15,26,30-31H,3,6-14H2,(H,27,28,32). The first-order valence-electron chi connectivity index (χ1n) is 11.0. The van der Waals surface area contributed by atoms with Crippen LogP contribution in [0.1, 0.15) is 35.4 Å². The molecule has 1 saturated heterocycles. The van der Waals surface area contributed by atoms with Crippen molar-refractivity contribution < 1.29 is 28.2 Å². The van der Waals surface area contributed by atoms with Crippen molar-refractivity contribution in [1.82, 2.24) is 9.88 Å².